The van der Waals surface area contributed by atoms with E-state index < -0.39 is 0 Å². The van der Waals surface area contributed by atoms with Crippen LogP contribution in [0.2, 0.25) is 0 Å². The molecule has 0 radical (unpaired) electrons. The molecule has 0 unspecified atom stereocenters. The van der Waals surface area contributed by atoms with Gasteiger partial charge in [0, 0.05) is 30.9 Å². The fourth-order valence-corrected chi connectivity index (χ4v) is 7.41. The first-order chi connectivity index (χ1) is 20.8. The largest absolute Gasteiger partial charge is 0.491 e. The van der Waals surface area contributed by atoms with Gasteiger partial charge in [-0.05, 0) is 83.2 Å². The van der Waals surface area contributed by atoms with Gasteiger partial charge in [-0.15, -0.1) is 11.3 Å². The molecule has 0 aliphatic carbocycles. The summed E-state index contributed by atoms with van der Waals surface area (Å²) in [5, 5.41) is 10.7. The molecular weight excluding hydrogens is 560 g/mol. The van der Waals surface area contributed by atoms with E-state index in [0.717, 1.165) is 92.2 Å². The van der Waals surface area contributed by atoms with Crippen molar-refractivity contribution < 1.29 is 14.3 Å². The number of nitrogens with zero attached hydrogens (tertiary/aromatic N) is 3. The molecule has 2 amide bonds. The van der Waals surface area contributed by atoms with Crippen molar-refractivity contribution in [2.75, 3.05) is 51.2 Å². The van der Waals surface area contributed by atoms with Crippen molar-refractivity contribution in [1.82, 2.24) is 25.5 Å². The van der Waals surface area contributed by atoms with E-state index in [9.17, 15) is 9.59 Å². The van der Waals surface area contributed by atoms with Crippen LogP contribution in [0.1, 0.15) is 66.8 Å². The van der Waals surface area contributed by atoms with E-state index >= 15 is 0 Å². The first-order valence-electron chi connectivity index (χ1n) is 15.8. The molecule has 4 heterocycles. The molecule has 1 saturated heterocycles. The summed E-state index contributed by atoms with van der Waals surface area (Å²) in [6.45, 7) is 10.8. The van der Waals surface area contributed by atoms with Crippen molar-refractivity contribution >= 4 is 39.2 Å². The van der Waals surface area contributed by atoms with Gasteiger partial charge in [-0.1, -0.05) is 31.0 Å². The summed E-state index contributed by atoms with van der Waals surface area (Å²) in [7, 11) is 0. The number of piperidine rings is 1. The number of amides is 2. The van der Waals surface area contributed by atoms with E-state index in [1.165, 1.54) is 16.0 Å². The van der Waals surface area contributed by atoms with E-state index in [-0.39, 0.29) is 17.2 Å². The molecular formula is C33H46N6O3S. The summed E-state index contributed by atoms with van der Waals surface area (Å²) in [6, 6.07) is 8.25. The van der Waals surface area contributed by atoms with Gasteiger partial charge < -0.3 is 25.6 Å². The Labute approximate surface area is 259 Å². The molecule has 1 spiro atoms. The van der Waals surface area contributed by atoms with Gasteiger partial charge in [-0.2, -0.15) is 0 Å². The van der Waals surface area contributed by atoms with Gasteiger partial charge in [0.05, 0.1) is 17.3 Å². The molecule has 2 aliphatic heterocycles. The van der Waals surface area contributed by atoms with Crippen molar-refractivity contribution in [2.24, 2.45) is 5.41 Å². The van der Waals surface area contributed by atoms with Gasteiger partial charge >= 0.3 is 0 Å². The highest BCUT2D eigenvalue weighted by Crippen LogP contribution is 2.37. The van der Waals surface area contributed by atoms with Crippen LogP contribution in [0.3, 0.4) is 0 Å². The first-order valence-corrected chi connectivity index (χ1v) is 16.6. The van der Waals surface area contributed by atoms with Gasteiger partial charge in [0.25, 0.3) is 0 Å². The number of aromatic nitrogens is 2. The Bertz CT molecular complexity index is 1420. The number of carbonyl (C=O) groups excluding carboxylic acids is 2. The zero-order valence-electron chi connectivity index (χ0n) is 25.9. The van der Waals surface area contributed by atoms with Crippen molar-refractivity contribution in [3.05, 3.63) is 46.1 Å². The molecule has 2 aromatic heterocycles. The van der Waals surface area contributed by atoms with Crippen molar-refractivity contribution in [3.8, 4) is 5.75 Å². The number of likely N-dealkylation sites (tertiary alicyclic amines) is 1. The number of benzene rings is 1. The van der Waals surface area contributed by atoms with Gasteiger partial charge in [0.15, 0.2) is 0 Å². The lowest BCUT2D eigenvalue weighted by atomic mass is 9.73. The SMILES string of the molecule is Cc1nc(NCCC(=O)NCCN2CCC3(CCCCCc4ccccc4OCCNC3=O)CC2)c2c(C)c(C)sc2n1. The molecule has 3 N–H and O–H groups in total. The quantitative estimate of drug-likeness (QED) is 0.350. The minimum absolute atomic E-state index is 0.0280. The molecule has 3 aromatic rings. The molecule has 232 valence electrons. The van der Waals surface area contributed by atoms with Crippen LogP contribution in [0.4, 0.5) is 5.82 Å². The number of aryl methyl sites for hydroxylation is 4. The van der Waals surface area contributed by atoms with Crippen LogP contribution in [0.15, 0.2) is 24.3 Å². The average molecular weight is 607 g/mol. The zero-order chi connectivity index (χ0) is 30.2. The van der Waals surface area contributed by atoms with Crippen molar-refractivity contribution in [3.63, 3.8) is 0 Å². The normalized spacial score (nSPS) is 18.1. The summed E-state index contributed by atoms with van der Waals surface area (Å²) in [4.78, 5) is 39.7. The Morgan fingerprint density at radius 3 is 2.72 bits per heavy atom. The van der Waals surface area contributed by atoms with Crippen LogP contribution in [0, 0.1) is 26.2 Å². The molecule has 0 atom stereocenters. The maximum atomic E-state index is 13.4. The summed E-state index contributed by atoms with van der Waals surface area (Å²) < 4.78 is 6.01. The monoisotopic (exact) mass is 606 g/mol. The number of carbonyl (C=O) groups is 2. The third-order valence-corrected chi connectivity index (χ3v) is 10.2. The van der Waals surface area contributed by atoms with Crippen LogP contribution in [0.5, 0.6) is 5.75 Å². The molecule has 1 aromatic carbocycles. The maximum absolute atomic E-state index is 13.4. The zero-order valence-corrected chi connectivity index (χ0v) is 26.7. The molecule has 1 fully saturated rings. The Balaban J connectivity index is 1.04. The van der Waals surface area contributed by atoms with Crippen molar-refractivity contribution in [1.29, 1.82) is 0 Å². The number of anilines is 1. The van der Waals surface area contributed by atoms with Gasteiger partial charge in [0.1, 0.15) is 28.8 Å². The van der Waals surface area contributed by atoms with E-state index in [1.54, 1.807) is 11.3 Å². The highest BCUT2D eigenvalue weighted by Gasteiger charge is 2.40. The van der Waals surface area contributed by atoms with Crippen LogP contribution in [0.25, 0.3) is 10.2 Å². The number of hydrogen-bond donors (Lipinski definition) is 3. The summed E-state index contributed by atoms with van der Waals surface area (Å²) in [6.07, 6.45) is 7.31. The van der Waals surface area contributed by atoms with Crippen LogP contribution in [-0.4, -0.2) is 72.6 Å². The molecule has 5 rings (SSSR count). The Kier molecular flexibility index (Phi) is 10.5. The topological polar surface area (TPSA) is 108 Å². The molecule has 2 aliphatic rings. The second kappa shape index (κ2) is 14.5. The number of fused-ring (bicyclic) bond motifs is 2. The number of thiophene rings is 1. The second-order valence-corrected chi connectivity index (χ2v) is 13.2. The number of para-hydroxylation sites is 1. The molecule has 9 nitrogen and oxygen atoms in total. The lowest BCUT2D eigenvalue weighted by molar-refractivity contribution is -0.134. The fourth-order valence-electron chi connectivity index (χ4n) is 6.34. The van der Waals surface area contributed by atoms with E-state index in [1.807, 2.05) is 19.1 Å². The highest BCUT2D eigenvalue weighted by molar-refractivity contribution is 7.18. The Morgan fingerprint density at radius 2 is 1.88 bits per heavy atom. The minimum Gasteiger partial charge on any atom is -0.491 e. The first kappa shape index (κ1) is 31.2. The van der Waals surface area contributed by atoms with Crippen LogP contribution in [-0.2, 0) is 16.0 Å². The number of ether oxygens (including phenoxy) is 1. The lowest BCUT2D eigenvalue weighted by Crippen LogP contribution is -2.50. The van der Waals surface area contributed by atoms with Crippen LogP contribution >= 0.6 is 11.3 Å². The smallest absolute Gasteiger partial charge is 0.226 e. The van der Waals surface area contributed by atoms with Gasteiger partial charge in [-0.3, -0.25) is 9.59 Å². The third-order valence-electron chi connectivity index (χ3n) is 9.05. The third kappa shape index (κ3) is 7.84. The number of nitrogens with one attached hydrogen (secondary N) is 3. The maximum Gasteiger partial charge on any atom is 0.226 e. The molecule has 0 bridgehead atoms. The van der Waals surface area contributed by atoms with E-state index in [4.69, 9.17) is 4.74 Å². The predicted molar refractivity (Wildman–Crippen MR) is 173 cm³/mol. The fraction of sp³-hybridized carbons (Fsp3) is 0.576. The van der Waals surface area contributed by atoms with Gasteiger partial charge in [-0.25, -0.2) is 9.97 Å². The lowest BCUT2D eigenvalue weighted by Gasteiger charge is -2.41. The van der Waals surface area contributed by atoms with E-state index in [0.29, 0.717) is 32.7 Å². The molecule has 43 heavy (non-hydrogen) atoms. The standard InChI is InChI=1S/C33H46N6O3S/c1-23-24(2)43-31-29(23)30(37-25(3)38-31)35-16-12-28(40)34-17-21-39-19-14-33(15-20-39)13-8-4-5-9-26-10-6-7-11-27(26)42-22-18-36-32(33)41/h6-7,10-11H,4-5,8-9,12-22H2,1-3H3,(H,34,40)(H,36,41)(H,35,37,38). The summed E-state index contributed by atoms with van der Waals surface area (Å²) in [5.74, 6) is 2.68. The predicted octanol–water partition coefficient (Wildman–Crippen LogP) is 4.93. The number of rotatable bonds is 7. The van der Waals surface area contributed by atoms with Crippen LogP contribution < -0.4 is 20.7 Å². The number of hydrogen-bond acceptors (Lipinski definition) is 8. The van der Waals surface area contributed by atoms with E-state index in [2.05, 4.69) is 56.8 Å². The second-order valence-electron chi connectivity index (χ2n) is 12.0. The minimum atomic E-state index is -0.309. The summed E-state index contributed by atoms with van der Waals surface area (Å²) >= 11 is 1.68. The Hall–Kier alpha value is -3.24. The molecule has 10 heteroatoms. The Morgan fingerprint density at radius 1 is 1.07 bits per heavy atom. The average Bonchev–Trinajstić information content (AvgIpc) is 3.28. The summed E-state index contributed by atoms with van der Waals surface area (Å²) in [5.41, 5.74) is 2.14. The highest BCUT2D eigenvalue weighted by atomic mass is 32.1. The van der Waals surface area contributed by atoms with Gasteiger partial charge in [0.2, 0.25) is 11.8 Å². The molecule has 0 saturated carbocycles. The van der Waals surface area contributed by atoms with Crippen molar-refractivity contribution in [2.45, 2.75) is 72.1 Å².